The highest BCUT2D eigenvalue weighted by molar-refractivity contribution is 5.14. The van der Waals surface area contributed by atoms with Crippen LogP contribution >= 0.6 is 0 Å². The number of methoxy groups -OCH3 is 1. The van der Waals surface area contributed by atoms with Gasteiger partial charge in [-0.2, -0.15) is 0 Å². The average Bonchev–Trinajstić information content (AvgIpc) is 3.14. The molecule has 1 aliphatic heterocycles. The maximum Gasteiger partial charge on any atom is 0.168 e. The molecule has 0 unspecified atom stereocenters. The van der Waals surface area contributed by atoms with E-state index < -0.39 is 0 Å². The molecule has 0 spiro atoms. The second kappa shape index (κ2) is 9.75. The first-order valence-electron chi connectivity index (χ1n) is 9.57. The summed E-state index contributed by atoms with van der Waals surface area (Å²) in [6, 6.07) is 11.0. The third kappa shape index (κ3) is 4.87. The van der Waals surface area contributed by atoms with Crippen LogP contribution in [-0.4, -0.2) is 69.9 Å². The van der Waals surface area contributed by atoms with Crippen LogP contribution in [-0.2, 0) is 17.8 Å². The molecule has 0 bridgehead atoms. The molecule has 2 aromatic rings. The van der Waals surface area contributed by atoms with Gasteiger partial charge in [-0.3, -0.25) is 9.80 Å². The molecule has 0 saturated carbocycles. The topological polar surface area (TPSA) is 59.3 Å². The minimum atomic E-state index is 0.283. The summed E-state index contributed by atoms with van der Waals surface area (Å²) in [4.78, 5) is 5.07. The van der Waals surface area contributed by atoms with Gasteiger partial charge in [-0.15, -0.1) is 5.10 Å². The Labute approximate surface area is 155 Å². The molecule has 142 valence electrons. The summed E-state index contributed by atoms with van der Waals surface area (Å²) in [7, 11) is 1.71. The molecule has 0 aliphatic carbocycles. The summed E-state index contributed by atoms with van der Waals surface area (Å²) in [6.07, 6.45) is 2.19. The number of piperazine rings is 1. The van der Waals surface area contributed by atoms with Crippen LogP contribution in [0.3, 0.4) is 0 Å². The lowest BCUT2D eigenvalue weighted by atomic mass is 10.1. The van der Waals surface area contributed by atoms with Crippen LogP contribution in [0.1, 0.15) is 37.2 Å². The highest BCUT2D eigenvalue weighted by atomic mass is 16.5. The highest BCUT2D eigenvalue weighted by Crippen LogP contribution is 2.25. The summed E-state index contributed by atoms with van der Waals surface area (Å²) in [5.74, 6) is 0.973. The first-order valence-corrected chi connectivity index (χ1v) is 9.57. The van der Waals surface area contributed by atoms with E-state index in [4.69, 9.17) is 4.74 Å². The highest BCUT2D eigenvalue weighted by Gasteiger charge is 2.28. The van der Waals surface area contributed by atoms with Crippen LogP contribution in [0.5, 0.6) is 0 Å². The normalized spacial score (nSPS) is 17.5. The summed E-state index contributed by atoms with van der Waals surface area (Å²) in [5, 5.41) is 12.4. The number of nitrogens with zero attached hydrogens (tertiary/aromatic N) is 6. The van der Waals surface area contributed by atoms with Crippen LogP contribution in [0.25, 0.3) is 0 Å². The van der Waals surface area contributed by atoms with E-state index in [9.17, 15) is 0 Å². The van der Waals surface area contributed by atoms with Gasteiger partial charge in [-0.1, -0.05) is 43.7 Å². The Kier molecular flexibility index (Phi) is 7.11. The van der Waals surface area contributed by atoms with Gasteiger partial charge in [0, 0.05) is 39.8 Å². The smallest absolute Gasteiger partial charge is 0.168 e. The van der Waals surface area contributed by atoms with Crippen molar-refractivity contribution in [3.63, 3.8) is 0 Å². The number of ether oxygens (including phenoxy) is 1. The van der Waals surface area contributed by atoms with Crippen LogP contribution in [0, 0.1) is 0 Å². The quantitative estimate of drug-likeness (QED) is 0.683. The minimum absolute atomic E-state index is 0.283. The van der Waals surface area contributed by atoms with Crippen LogP contribution < -0.4 is 0 Å². The molecule has 3 rings (SSSR count). The van der Waals surface area contributed by atoms with Crippen molar-refractivity contribution < 1.29 is 4.74 Å². The van der Waals surface area contributed by atoms with Crippen molar-refractivity contribution in [1.82, 2.24) is 30.0 Å². The fraction of sp³-hybridized carbons (Fsp3) is 0.632. The van der Waals surface area contributed by atoms with Gasteiger partial charge in [0.25, 0.3) is 0 Å². The predicted molar refractivity (Wildman–Crippen MR) is 101 cm³/mol. The molecule has 1 atom stereocenters. The molecule has 7 heteroatoms. The Hall–Kier alpha value is -1.83. The molecule has 26 heavy (non-hydrogen) atoms. The number of tetrazole rings is 1. The van der Waals surface area contributed by atoms with E-state index in [1.165, 1.54) is 5.56 Å². The maximum atomic E-state index is 5.19. The third-order valence-electron chi connectivity index (χ3n) is 5.02. The lowest BCUT2D eigenvalue weighted by Crippen LogP contribution is -2.47. The van der Waals surface area contributed by atoms with E-state index in [2.05, 4.69) is 62.6 Å². The van der Waals surface area contributed by atoms with E-state index in [1.54, 1.807) is 7.11 Å². The van der Waals surface area contributed by atoms with Gasteiger partial charge in [0.15, 0.2) is 5.82 Å². The van der Waals surface area contributed by atoms with Crippen molar-refractivity contribution in [2.75, 3.05) is 39.9 Å². The van der Waals surface area contributed by atoms with Crippen molar-refractivity contribution in [2.24, 2.45) is 0 Å². The second-order valence-electron chi connectivity index (χ2n) is 6.86. The Balaban J connectivity index is 1.61. The van der Waals surface area contributed by atoms with Gasteiger partial charge in [0.1, 0.15) is 0 Å². The van der Waals surface area contributed by atoms with Gasteiger partial charge >= 0.3 is 0 Å². The van der Waals surface area contributed by atoms with Crippen molar-refractivity contribution >= 4 is 0 Å². The van der Waals surface area contributed by atoms with Gasteiger partial charge in [0.05, 0.1) is 19.2 Å². The Bertz CT molecular complexity index is 638. The Morgan fingerprint density at radius 3 is 2.58 bits per heavy atom. The predicted octanol–water partition coefficient (Wildman–Crippen LogP) is 1.98. The zero-order valence-electron chi connectivity index (χ0n) is 15.9. The first-order chi connectivity index (χ1) is 12.8. The summed E-state index contributed by atoms with van der Waals surface area (Å²) < 4.78 is 7.09. The van der Waals surface area contributed by atoms with E-state index in [1.807, 2.05) is 4.68 Å². The van der Waals surface area contributed by atoms with E-state index in [0.717, 1.165) is 51.4 Å². The second-order valence-corrected chi connectivity index (χ2v) is 6.86. The molecule has 1 aliphatic rings. The molecule has 1 aromatic carbocycles. The molecule has 0 N–H and O–H groups in total. The molecule has 1 aromatic heterocycles. The number of hydrogen-bond donors (Lipinski definition) is 0. The van der Waals surface area contributed by atoms with Crippen LogP contribution in [0.4, 0.5) is 0 Å². The number of aromatic nitrogens is 4. The third-order valence-corrected chi connectivity index (χ3v) is 5.02. The van der Waals surface area contributed by atoms with Gasteiger partial charge < -0.3 is 4.74 Å². The monoisotopic (exact) mass is 358 g/mol. The largest absolute Gasteiger partial charge is 0.383 e. The molecule has 2 heterocycles. The lowest BCUT2D eigenvalue weighted by molar-refractivity contribution is 0.0807. The Morgan fingerprint density at radius 1 is 1.12 bits per heavy atom. The molecule has 0 amide bonds. The number of rotatable bonds is 9. The number of hydrogen-bond acceptors (Lipinski definition) is 6. The Morgan fingerprint density at radius 2 is 1.88 bits per heavy atom. The van der Waals surface area contributed by atoms with Crippen molar-refractivity contribution in [2.45, 2.75) is 38.9 Å². The minimum Gasteiger partial charge on any atom is -0.383 e. The van der Waals surface area contributed by atoms with Gasteiger partial charge in [0.2, 0.25) is 0 Å². The van der Waals surface area contributed by atoms with Crippen molar-refractivity contribution in [3.05, 3.63) is 41.7 Å². The standard InChI is InChI=1S/C19H30N6O/c1-3-7-18(19-20-21-22-25(19)14-15-26-2)24-12-10-23(11-13-24)16-17-8-5-4-6-9-17/h4-6,8-9,18H,3,7,10-16H2,1-2H3/t18-/m0/s1. The molecular weight excluding hydrogens is 328 g/mol. The molecule has 7 nitrogen and oxygen atoms in total. The molecule has 1 saturated heterocycles. The van der Waals surface area contributed by atoms with Gasteiger partial charge in [-0.25, -0.2) is 4.68 Å². The lowest BCUT2D eigenvalue weighted by Gasteiger charge is -2.38. The summed E-state index contributed by atoms with van der Waals surface area (Å²) in [6.45, 7) is 8.84. The van der Waals surface area contributed by atoms with E-state index >= 15 is 0 Å². The zero-order chi connectivity index (χ0) is 18.2. The van der Waals surface area contributed by atoms with Crippen LogP contribution in [0.2, 0.25) is 0 Å². The molecule has 1 fully saturated rings. The zero-order valence-corrected chi connectivity index (χ0v) is 15.9. The molecule has 0 radical (unpaired) electrons. The average molecular weight is 358 g/mol. The van der Waals surface area contributed by atoms with Gasteiger partial charge in [-0.05, 0) is 22.4 Å². The first kappa shape index (κ1) is 18.9. The summed E-state index contributed by atoms with van der Waals surface area (Å²) >= 11 is 0. The molecular formula is C19H30N6O. The van der Waals surface area contributed by atoms with Crippen molar-refractivity contribution in [1.29, 1.82) is 0 Å². The van der Waals surface area contributed by atoms with Crippen molar-refractivity contribution in [3.8, 4) is 0 Å². The van der Waals surface area contributed by atoms with Crippen LogP contribution in [0.15, 0.2) is 30.3 Å². The SMILES string of the molecule is CCC[C@@H](c1nnnn1CCOC)N1CCN(Cc2ccccc2)CC1. The fourth-order valence-electron chi connectivity index (χ4n) is 3.61. The number of benzene rings is 1. The fourth-order valence-corrected chi connectivity index (χ4v) is 3.61. The van der Waals surface area contributed by atoms with E-state index in [0.29, 0.717) is 13.2 Å². The maximum absolute atomic E-state index is 5.19. The van der Waals surface area contributed by atoms with E-state index in [-0.39, 0.29) is 6.04 Å². The summed E-state index contributed by atoms with van der Waals surface area (Å²) in [5.41, 5.74) is 1.38.